The average molecular weight is 478 g/mol. The molecule has 2 aromatic heterocycles. The predicted molar refractivity (Wildman–Crippen MR) is 132 cm³/mol. The number of carbonyl (C=O) groups excluding carboxylic acids is 1. The molecule has 6 nitrogen and oxygen atoms in total. The minimum absolute atomic E-state index is 0.100. The Hall–Kier alpha value is -3.00. The van der Waals surface area contributed by atoms with E-state index < -0.39 is 0 Å². The van der Waals surface area contributed by atoms with Gasteiger partial charge in [-0.05, 0) is 29.8 Å². The highest BCUT2D eigenvalue weighted by Gasteiger charge is 2.23. The van der Waals surface area contributed by atoms with Crippen molar-refractivity contribution in [2.24, 2.45) is 0 Å². The first-order valence-electron chi connectivity index (χ1n) is 10.9. The van der Waals surface area contributed by atoms with Gasteiger partial charge in [-0.2, -0.15) is 0 Å². The summed E-state index contributed by atoms with van der Waals surface area (Å²) in [6.45, 7) is 4.71. The highest BCUT2D eigenvalue weighted by Crippen LogP contribution is 2.24. The van der Waals surface area contributed by atoms with E-state index in [4.69, 9.17) is 16.6 Å². The number of carbonyl (C=O) groups is 1. The molecule has 1 aliphatic heterocycles. The molecular formula is C25H24ClN5OS. The Labute approximate surface area is 202 Å². The standard InChI is InChI=1S/C25H24ClN5OS/c26-22-7-5-20(6-8-22)23-17-33-24(28-23)16-29-11-13-31(14-12-29)25(32)21-3-1-19(2-4-21)15-30-10-9-27-18-30/h1-10,17-18H,11-16H2. The van der Waals surface area contributed by atoms with Crippen LogP contribution in [0.4, 0.5) is 0 Å². The van der Waals surface area contributed by atoms with Crippen molar-refractivity contribution in [1.82, 2.24) is 24.3 Å². The third kappa shape index (κ3) is 5.33. The number of nitrogens with zero attached hydrogens (tertiary/aromatic N) is 5. The summed E-state index contributed by atoms with van der Waals surface area (Å²) in [5.74, 6) is 0.100. The molecule has 0 atom stereocenters. The van der Waals surface area contributed by atoms with Gasteiger partial charge in [-0.1, -0.05) is 35.9 Å². The van der Waals surface area contributed by atoms with Crippen LogP contribution in [0.15, 0.2) is 72.6 Å². The van der Waals surface area contributed by atoms with Crippen LogP contribution in [0.5, 0.6) is 0 Å². The van der Waals surface area contributed by atoms with Crippen LogP contribution < -0.4 is 0 Å². The molecule has 5 rings (SSSR count). The van der Waals surface area contributed by atoms with E-state index in [9.17, 15) is 4.79 Å². The van der Waals surface area contributed by atoms with E-state index in [-0.39, 0.29) is 5.91 Å². The van der Waals surface area contributed by atoms with Gasteiger partial charge in [0, 0.05) is 66.6 Å². The van der Waals surface area contributed by atoms with Crippen LogP contribution in [0, 0.1) is 0 Å². The number of amides is 1. The molecule has 0 aliphatic carbocycles. The molecule has 168 valence electrons. The summed E-state index contributed by atoms with van der Waals surface area (Å²) in [4.78, 5) is 26.1. The van der Waals surface area contributed by atoms with Gasteiger partial charge in [-0.15, -0.1) is 11.3 Å². The third-order valence-electron chi connectivity index (χ3n) is 5.84. The Morgan fingerprint density at radius 2 is 1.73 bits per heavy atom. The monoisotopic (exact) mass is 477 g/mol. The number of hydrogen-bond donors (Lipinski definition) is 0. The van der Waals surface area contributed by atoms with Crippen molar-refractivity contribution in [3.63, 3.8) is 0 Å². The molecule has 0 unspecified atom stereocenters. The minimum Gasteiger partial charge on any atom is -0.336 e. The lowest BCUT2D eigenvalue weighted by Crippen LogP contribution is -2.48. The van der Waals surface area contributed by atoms with Crippen LogP contribution in [0.3, 0.4) is 0 Å². The molecule has 4 aromatic rings. The fourth-order valence-electron chi connectivity index (χ4n) is 3.96. The number of halogens is 1. The molecule has 0 radical (unpaired) electrons. The van der Waals surface area contributed by atoms with Gasteiger partial charge in [-0.3, -0.25) is 9.69 Å². The lowest BCUT2D eigenvalue weighted by atomic mass is 10.1. The van der Waals surface area contributed by atoms with Crippen molar-refractivity contribution in [2.75, 3.05) is 26.2 Å². The second kappa shape index (κ2) is 9.87. The molecule has 1 fully saturated rings. The summed E-state index contributed by atoms with van der Waals surface area (Å²) in [5, 5.41) is 3.91. The fraction of sp³-hybridized carbons (Fsp3) is 0.240. The minimum atomic E-state index is 0.100. The number of rotatable bonds is 6. The van der Waals surface area contributed by atoms with Crippen molar-refractivity contribution in [3.05, 3.63) is 93.8 Å². The molecule has 1 amide bonds. The van der Waals surface area contributed by atoms with Gasteiger partial charge in [0.15, 0.2) is 0 Å². The zero-order chi connectivity index (χ0) is 22.6. The summed E-state index contributed by atoms with van der Waals surface area (Å²) >= 11 is 7.66. The van der Waals surface area contributed by atoms with E-state index in [1.54, 1.807) is 23.9 Å². The Bertz CT molecular complexity index is 1200. The lowest BCUT2D eigenvalue weighted by molar-refractivity contribution is 0.0628. The second-order valence-electron chi connectivity index (χ2n) is 8.13. The van der Waals surface area contributed by atoms with Gasteiger partial charge < -0.3 is 9.47 Å². The van der Waals surface area contributed by atoms with Crippen LogP contribution in [0.25, 0.3) is 11.3 Å². The highest BCUT2D eigenvalue weighted by molar-refractivity contribution is 7.09. The van der Waals surface area contributed by atoms with Crippen LogP contribution in [-0.4, -0.2) is 56.4 Å². The number of benzene rings is 2. The summed E-state index contributed by atoms with van der Waals surface area (Å²) in [6.07, 6.45) is 5.50. The number of imidazole rings is 1. The largest absolute Gasteiger partial charge is 0.336 e. The van der Waals surface area contributed by atoms with Gasteiger partial charge in [0.05, 0.1) is 18.6 Å². The maximum Gasteiger partial charge on any atom is 0.253 e. The topological polar surface area (TPSA) is 54.3 Å². The maximum absolute atomic E-state index is 12.9. The van der Waals surface area contributed by atoms with E-state index in [1.165, 1.54) is 0 Å². The van der Waals surface area contributed by atoms with E-state index in [0.717, 1.165) is 71.7 Å². The zero-order valence-corrected chi connectivity index (χ0v) is 19.7. The summed E-state index contributed by atoms with van der Waals surface area (Å²) in [5.41, 5.74) is 3.95. The molecule has 1 saturated heterocycles. The van der Waals surface area contributed by atoms with E-state index in [0.29, 0.717) is 0 Å². The Morgan fingerprint density at radius 1 is 0.970 bits per heavy atom. The van der Waals surface area contributed by atoms with Crippen molar-refractivity contribution in [3.8, 4) is 11.3 Å². The maximum atomic E-state index is 12.9. The Kier molecular flexibility index (Phi) is 6.53. The summed E-state index contributed by atoms with van der Waals surface area (Å²) in [6, 6.07) is 15.7. The van der Waals surface area contributed by atoms with Crippen LogP contribution in [0.2, 0.25) is 5.02 Å². The number of piperazine rings is 1. The molecule has 33 heavy (non-hydrogen) atoms. The van der Waals surface area contributed by atoms with Crippen LogP contribution in [0.1, 0.15) is 20.9 Å². The summed E-state index contributed by atoms with van der Waals surface area (Å²) < 4.78 is 2.01. The number of hydrogen-bond acceptors (Lipinski definition) is 5. The van der Waals surface area contributed by atoms with Crippen LogP contribution in [-0.2, 0) is 13.1 Å². The van der Waals surface area contributed by atoms with Gasteiger partial charge in [0.25, 0.3) is 5.91 Å². The molecule has 0 bridgehead atoms. The molecule has 2 aromatic carbocycles. The average Bonchev–Trinajstić information content (AvgIpc) is 3.53. The Morgan fingerprint density at radius 3 is 2.42 bits per heavy atom. The normalized spacial score (nSPS) is 14.5. The Balaban J connectivity index is 1.13. The first kappa shape index (κ1) is 21.8. The van der Waals surface area contributed by atoms with Crippen molar-refractivity contribution in [1.29, 1.82) is 0 Å². The fourth-order valence-corrected chi connectivity index (χ4v) is 4.93. The highest BCUT2D eigenvalue weighted by atomic mass is 35.5. The second-order valence-corrected chi connectivity index (χ2v) is 9.51. The molecular weight excluding hydrogens is 454 g/mol. The first-order chi connectivity index (χ1) is 16.1. The molecule has 0 spiro atoms. The molecule has 8 heteroatoms. The molecule has 1 aliphatic rings. The van der Waals surface area contributed by atoms with Crippen LogP contribution >= 0.6 is 22.9 Å². The molecule has 0 N–H and O–H groups in total. The SMILES string of the molecule is O=C(c1ccc(Cn2ccnc2)cc1)N1CCN(Cc2nc(-c3ccc(Cl)cc3)cs2)CC1. The van der Waals surface area contributed by atoms with Crippen molar-refractivity contribution >= 4 is 28.8 Å². The smallest absolute Gasteiger partial charge is 0.253 e. The quantitative estimate of drug-likeness (QED) is 0.405. The number of thiazole rings is 1. The van der Waals surface area contributed by atoms with E-state index >= 15 is 0 Å². The third-order valence-corrected chi connectivity index (χ3v) is 6.92. The van der Waals surface area contributed by atoms with Gasteiger partial charge in [0.2, 0.25) is 0 Å². The van der Waals surface area contributed by atoms with Gasteiger partial charge in [-0.25, -0.2) is 9.97 Å². The lowest BCUT2D eigenvalue weighted by Gasteiger charge is -2.34. The van der Waals surface area contributed by atoms with E-state index in [2.05, 4.69) is 15.3 Å². The van der Waals surface area contributed by atoms with Crippen molar-refractivity contribution < 1.29 is 4.79 Å². The summed E-state index contributed by atoms with van der Waals surface area (Å²) in [7, 11) is 0. The zero-order valence-electron chi connectivity index (χ0n) is 18.1. The van der Waals surface area contributed by atoms with Crippen molar-refractivity contribution in [2.45, 2.75) is 13.1 Å². The van der Waals surface area contributed by atoms with Gasteiger partial charge >= 0.3 is 0 Å². The number of aromatic nitrogens is 3. The first-order valence-corrected chi connectivity index (χ1v) is 12.2. The van der Waals surface area contributed by atoms with Gasteiger partial charge in [0.1, 0.15) is 5.01 Å². The molecule has 0 saturated carbocycles. The van der Waals surface area contributed by atoms with E-state index in [1.807, 2.05) is 64.2 Å². The molecule has 3 heterocycles. The predicted octanol–water partition coefficient (Wildman–Crippen LogP) is 4.67.